The lowest BCUT2D eigenvalue weighted by atomic mass is 9.86. The summed E-state index contributed by atoms with van der Waals surface area (Å²) in [6.07, 6.45) is 7.44. The summed E-state index contributed by atoms with van der Waals surface area (Å²) in [5.41, 5.74) is 6.23. The summed E-state index contributed by atoms with van der Waals surface area (Å²) in [4.78, 5) is 0. The van der Waals surface area contributed by atoms with E-state index in [9.17, 15) is 0 Å². The first-order valence-corrected chi connectivity index (χ1v) is 8.47. The Morgan fingerprint density at radius 2 is 1.46 bits per heavy atom. The first-order chi connectivity index (χ1) is 12.7. The van der Waals surface area contributed by atoms with Gasteiger partial charge in [-0.05, 0) is 50.7 Å². The molecule has 1 nitrogen and oxygen atoms in total. The second-order valence-electron chi connectivity index (χ2n) is 5.93. The molecule has 26 heavy (non-hydrogen) atoms. The number of hydrogen-bond acceptors (Lipinski definition) is 1. The van der Waals surface area contributed by atoms with Gasteiger partial charge in [-0.25, -0.2) is 0 Å². The average Bonchev–Trinajstić information content (AvgIpc) is 2.70. The Morgan fingerprint density at radius 3 is 2.08 bits per heavy atom. The molecule has 0 aliphatic rings. The van der Waals surface area contributed by atoms with Crippen molar-refractivity contribution in [3.8, 4) is 16.9 Å². The molecule has 0 unspecified atom stereocenters. The van der Waals surface area contributed by atoms with Crippen LogP contribution >= 0.6 is 0 Å². The molecule has 0 aliphatic heterocycles. The molecule has 0 fully saturated rings. The molecule has 0 bridgehead atoms. The van der Waals surface area contributed by atoms with Crippen LogP contribution in [0.1, 0.15) is 22.3 Å². The minimum Gasteiger partial charge on any atom is -0.496 e. The van der Waals surface area contributed by atoms with Gasteiger partial charge in [0.25, 0.3) is 0 Å². The number of methoxy groups -OCH3 is 1. The van der Waals surface area contributed by atoms with Crippen molar-refractivity contribution < 1.29 is 4.74 Å². The maximum atomic E-state index is 5.50. The lowest BCUT2D eigenvalue weighted by molar-refractivity contribution is 0.414. The molecule has 3 aromatic rings. The Kier molecular flexibility index (Phi) is 4.90. The molecule has 0 N–H and O–H groups in total. The molecular formula is C25H22O. The lowest BCUT2D eigenvalue weighted by Crippen LogP contribution is -1.97. The Hall–Kier alpha value is -3.32. The summed E-state index contributed by atoms with van der Waals surface area (Å²) in [5, 5.41) is 2.32. The molecular weight excluding hydrogens is 316 g/mol. The van der Waals surface area contributed by atoms with Gasteiger partial charge in [-0.15, -0.1) is 0 Å². The molecule has 1 heteroatoms. The molecule has 0 saturated heterocycles. The van der Waals surface area contributed by atoms with Crippen molar-refractivity contribution in [2.24, 2.45) is 0 Å². The summed E-state index contributed by atoms with van der Waals surface area (Å²) >= 11 is 0. The molecule has 0 saturated carbocycles. The standard InChI is InChI=1S/C25H22O/c1-6-17-16-18-12-10-11-13-22(18)25(19(17)7-2)23-14-15-24(26-5)21(9-4)20(23)8-3/h6-16H,1-4H2,5H3. The number of rotatable bonds is 6. The molecule has 0 heterocycles. The van der Waals surface area contributed by atoms with E-state index in [-0.39, 0.29) is 0 Å². The number of hydrogen-bond donors (Lipinski definition) is 0. The molecule has 0 spiro atoms. The smallest absolute Gasteiger partial charge is 0.126 e. The number of fused-ring (bicyclic) bond motifs is 1. The minimum atomic E-state index is 0.781. The fourth-order valence-corrected chi connectivity index (χ4v) is 3.51. The van der Waals surface area contributed by atoms with Crippen LogP contribution in [0.5, 0.6) is 5.75 Å². The van der Waals surface area contributed by atoms with Gasteiger partial charge in [-0.1, -0.05) is 81.0 Å². The van der Waals surface area contributed by atoms with Gasteiger partial charge in [0.05, 0.1) is 7.11 Å². The van der Waals surface area contributed by atoms with Gasteiger partial charge in [0.15, 0.2) is 0 Å². The van der Waals surface area contributed by atoms with E-state index in [0.717, 1.165) is 49.9 Å². The number of ether oxygens (including phenoxy) is 1. The first kappa shape index (κ1) is 17.5. The topological polar surface area (TPSA) is 9.23 Å². The highest BCUT2D eigenvalue weighted by Crippen LogP contribution is 2.41. The Morgan fingerprint density at radius 1 is 0.769 bits per heavy atom. The zero-order valence-corrected chi connectivity index (χ0v) is 15.1. The van der Waals surface area contributed by atoms with Gasteiger partial charge in [0, 0.05) is 5.56 Å². The van der Waals surface area contributed by atoms with E-state index in [1.165, 1.54) is 0 Å². The predicted octanol–water partition coefficient (Wildman–Crippen LogP) is 7.09. The molecule has 0 atom stereocenters. The molecule has 3 rings (SSSR count). The van der Waals surface area contributed by atoms with E-state index in [2.05, 4.69) is 56.6 Å². The second-order valence-corrected chi connectivity index (χ2v) is 5.93. The van der Waals surface area contributed by atoms with Crippen LogP contribution in [0.15, 0.2) is 68.8 Å². The fourth-order valence-electron chi connectivity index (χ4n) is 3.51. The zero-order valence-electron chi connectivity index (χ0n) is 15.1. The van der Waals surface area contributed by atoms with Gasteiger partial charge in [0.2, 0.25) is 0 Å². The fraction of sp³-hybridized carbons (Fsp3) is 0.0400. The quantitative estimate of drug-likeness (QED) is 0.466. The van der Waals surface area contributed by atoms with Crippen molar-refractivity contribution >= 4 is 35.1 Å². The van der Waals surface area contributed by atoms with Crippen LogP contribution in [0.25, 0.3) is 46.2 Å². The van der Waals surface area contributed by atoms with Crippen LogP contribution in [-0.2, 0) is 0 Å². The second kappa shape index (κ2) is 7.28. The van der Waals surface area contributed by atoms with Crippen LogP contribution in [0, 0.1) is 0 Å². The highest BCUT2D eigenvalue weighted by molar-refractivity contribution is 6.05. The highest BCUT2D eigenvalue weighted by atomic mass is 16.5. The van der Waals surface area contributed by atoms with Crippen LogP contribution < -0.4 is 4.74 Å². The number of benzene rings is 3. The maximum Gasteiger partial charge on any atom is 0.126 e. The third kappa shape index (κ3) is 2.68. The van der Waals surface area contributed by atoms with Crippen molar-refractivity contribution in [1.82, 2.24) is 0 Å². The Balaban J connectivity index is 2.53. The Labute approximate surface area is 155 Å². The van der Waals surface area contributed by atoms with Crippen LogP contribution in [-0.4, -0.2) is 7.11 Å². The van der Waals surface area contributed by atoms with Gasteiger partial charge in [-0.2, -0.15) is 0 Å². The van der Waals surface area contributed by atoms with E-state index in [1.807, 2.05) is 36.4 Å². The van der Waals surface area contributed by atoms with Crippen molar-refractivity contribution in [2.75, 3.05) is 7.11 Å². The average molecular weight is 338 g/mol. The molecule has 0 aromatic heterocycles. The summed E-state index contributed by atoms with van der Waals surface area (Å²) in [5.74, 6) is 0.781. The lowest BCUT2D eigenvalue weighted by Gasteiger charge is -2.19. The molecule has 0 amide bonds. The minimum absolute atomic E-state index is 0.781. The molecule has 0 aliphatic carbocycles. The molecule has 3 aromatic carbocycles. The monoisotopic (exact) mass is 338 g/mol. The van der Waals surface area contributed by atoms with E-state index in [1.54, 1.807) is 7.11 Å². The SMILES string of the molecule is C=Cc1cc2ccccc2c(-c2ccc(OC)c(C=C)c2C=C)c1C=C. The maximum absolute atomic E-state index is 5.50. The van der Waals surface area contributed by atoms with Crippen molar-refractivity contribution in [2.45, 2.75) is 0 Å². The van der Waals surface area contributed by atoms with Crippen LogP contribution in [0.4, 0.5) is 0 Å². The normalized spacial score (nSPS) is 10.3. The van der Waals surface area contributed by atoms with Gasteiger partial charge in [-0.3, -0.25) is 0 Å². The van der Waals surface area contributed by atoms with Crippen LogP contribution in [0.2, 0.25) is 0 Å². The largest absolute Gasteiger partial charge is 0.496 e. The molecule has 128 valence electrons. The van der Waals surface area contributed by atoms with E-state index in [4.69, 9.17) is 4.74 Å². The summed E-state index contributed by atoms with van der Waals surface area (Å²) in [6, 6.07) is 14.5. The Bertz CT molecular complexity index is 1040. The summed E-state index contributed by atoms with van der Waals surface area (Å²) in [7, 11) is 1.66. The first-order valence-electron chi connectivity index (χ1n) is 8.47. The van der Waals surface area contributed by atoms with Gasteiger partial charge < -0.3 is 4.74 Å². The van der Waals surface area contributed by atoms with E-state index in [0.29, 0.717) is 0 Å². The van der Waals surface area contributed by atoms with E-state index < -0.39 is 0 Å². The zero-order chi connectivity index (χ0) is 18.7. The van der Waals surface area contributed by atoms with Crippen molar-refractivity contribution in [3.05, 3.63) is 91.0 Å². The van der Waals surface area contributed by atoms with Gasteiger partial charge >= 0.3 is 0 Å². The van der Waals surface area contributed by atoms with Gasteiger partial charge in [0.1, 0.15) is 5.75 Å². The predicted molar refractivity (Wildman–Crippen MR) is 116 cm³/mol. The van der Waals surface area contributed by atoms with Crippen molar-refractivity contribution in [3.63, 3.8) is 0 Å². The molecule has 0 radical (unpaired) electrons. The van der Waals surface area contributed by atoms with Crippen LogP contribution in [0.3, 0.4) is 0 Å². The van der Waals surface area contributed by atoms with Crippen molar-refractivity contribution in [1.29, 1.82) is 0 Å². The highest BCUT2D eigenvalue weighted by Gasteiger charge is 2.17. The third-order valence-electron chi connectivity index (χ3n) is 4.69. The third-order valence-corrected chi connectivity index (χ3v) is 4.69. The summed E-state index contributed by atoms with van der Waals surface area (Å²) < 4.78 is 5.50. The van der Waals surface area contributed by atoms with E-state index >= 15 is 0 Å². The summed E-state index contributed by atoms with van der Waals surface area (Å²) in [6.45, 7) is 16.0.